The van der Waals surface area contributed by atoms with Crippen molar-refractivity contribution in [3.8, 4) is 11.8 Å². The number of hydrogen-bond acceptors (Lipinski definition) is 6. The van der Waals surface area contributed by atoms with Crippen molar-refractivity contribution in [1.82, 2.24) is 4.90 Å². The van der Waals surface area contributed by atoms with E-state index in [1.54, 1.807) is 11.0 Å². The van der Waals surface area contributed by atoms with E-state index in [2.05, 4.69) is 17.2 Å². The van der Waals surface area contributed by atoms with Crippen LogP contribution in [0.25, 0.3) is 0 Å². The molecule has 1 amide bonds. The summed E-state index contributed by atoms with van der Waals surface area (Å²) in [5.41, 5.74) is 0.412. The second-order valence-electron chi connectivity index (χ2n) is 7.03. The minimum Gasteiger partial charge on any atom is -0.465 e. The number of nitrogens with one attached hydrogen (secondary N) is 1. The first kappa shape index (κ1) is 20.3. The number of thiophene rings is 1. The first-order valence-corrected chi connectivity index (χ1v) is 9.45. The molecular formula is C19H26N2O4S. The summed E-state index contributed by atoms with van der Waals surface area (Å²) in [6.07, 6.45) is 0. The fourth-order valence-electron chi connectivity index (χ4n) is 2.44. The molecule has 6 nitrogen and oxygen atoms in total. The van der Waals surface area contributed by atoms with Crippen LogP contribution in [0.2, 0.25) is 0 Å². The number of carbonyl (C=O) groups is 2. The smallest absolute Gasteiger partial charge is 0.350 e. The molecule has 0 aliphatic carbocycles. The van der Waals surface area contributed by atoms with E-state index in [-0.39, 0.29) is 17.9 Å². The Labute approximate surface area is 158 Å². The molecule has 26 heavy (non-hydrogen) atoms. The van der Waals surface area contributed by atoms with E-state index in [9.17, 15) is 9.59 Å². The van der Waals surface area contributed by atoms with Gasteiger partial charge in [0.1, 0.15) is 10.9 Å². The van der Waals surface area contributed by atoms with E-state index < -0.39 is 12.0 Å². The molecule has 7 heteroatoms. The van der Waals surface area contributed by atoms with Gasteiger partial charge in [0, 0.05) is 18.5 Å². The van der Waals surface area contributed by atoms with Crippen molar-refractivity contribution in [2.45, 2.75) is 33.7 Å². The van der Waals surface area contributed by atoms with Crippen LogP contribution >= 0.6 is 11.3 Å². The highest BCUT2D eigenvalue weighted by Gasteiger charge is 2.28. The third-order valence-corrected chi connectivity index (χ3v) is 4.81. The van der Waals surface area contributed by atoms with Crippen molar-refractivity contribution >= 4 is 28.9 Å². The standard InChI is InChI=1S/C19H26N2O4S/c1-6-21-9-10-25-12-15(17(21)22)20-14-11-13(7-8-19(2,3)4)26-16(14)18(23)24-5/h11,15,20H,6,9-10,12H2,1-5H3/t15-/m1/s1. The van der Waals surface area contributed by atoms with Crippen LogP contribution < -0.4 is 5.32 Å². The molecule has 1 aliphatic rings. The Hall–Kier alpha value is -2.04. The van der Waals surface area contributed by atoms with Crippen molar-refractivity contribution in [3.63, 3.8) is 0 Å². The minimum atomic E-state index is -0.543. The van der Waals surface area contributed by atoms with Crippen molar-refractivity contribution in [2.24, 2.45) is 5.41 Å². The Morgan fingerprint density at radius 3 is 2.85 bits per heavy atom. The van der Waals surface area contributed by atoms with Gasteiger partial charge >= 0.3 is 5.97 Å². The summed E-state index contributed by atoms with van der Waals surface area (Å²) in [6.45, 7) is 9.96. The predicted molar refractivity (Wildman–Crippen MR) is 102 cm³/mol. The number of ether oxygens (including phenoxy) is 2. The van der Waals surface area contributed by atoms with Gasteiger partial charge in [-0.3, -0.25) is 4.79 Å². The van der Waals surface area contributed by atoms with E-state index in [0.29, 0.717) is 30.3 Å². The second-order valence-corrected chi connectivity index (χ2v) is 8.09. The highest BCUT2D eigenvalue weighted by Crippen LogP contribution is 2.29. The molecule has 0 bridgehead atoms. The molecule has 0 radical (unpaired) electrons. The molecule has 0 unspecified atom stereocenters. The lowest BCUT2D eigenvalue weighted by Crippen LogP contribution is -2.43. The summed E-state index contributed by atoms with van der Waals surface area (Å²) in [4.78, 5) is 27.7. The summed E-state index contributed by atoms with van der Waals surface area (Å²) < 4.78 is 10.4. The quantitative estimate of drug-likeness (QED) is 0.644. The Bertz CT molecular complexity index is 724. The second kappa shape index (κ2) is 8.56. The van der Waals surface area contributed by atoms with Gasteiger partial charge in [-0.1, -0.05) is 11.8 Å². The highest BCUT2D eigenvalue weighted by atomic mass is 32.1. The SMILES string of the molecule is CCN1CCOC[C@@H](Nc2cc(C#CC(C)(C)C)sc2C(=O)OC)C1=O. The van der Waals surface area contributed by atoms with Crippen LogP contribution in [-0.4, -0.2) is 56.2 Å². The maximum Gasteiger partial charge on any atom is 0.350 e. The molecule has 1 aliphatic heterocycles. The lowest BCUT2D eigenvalue weighted by atomic mass is 9.98. The molecule has 1 fully saturated rings. The molecule has 1 aromatic heterocycles. The topological polar surface area (TPSA) is 67.9 Å². The molecule has 142 valence electrons. The fourth-order valence-corrected chi connectivity index (χ4v) is 3.33. The van der Waals surface area contributed by atoms with Gasteiger partial charge in [-0.25, -0.2) is 4.79 Å². The molecule has 1 aromatic rings. The van der Waals surface area contributed by atoms with E-state index in [1.807, 2.05) is 27.7 Å². The molecule has 0 aromatic carbocycles. The van der Waals surface area contributed by atoms with Gasteiger partial charge in [0.25, 0.3) is 0 Å². The molecule has 0 spiro atoms. The van der Waals surface area contributed by atoms with E-state index >= 15 is 0 Å². The van der Waals surface area contributed by atoms with Crippen LogP contribution in [0.15, 0.2) is 6.07 Å². The van der Waals surface area contributed by atoms with Crippen LogP contribution in [-0.2, 0) is 14.3 Å². The number of hydrogen-bond donors (Lipinski definition) is 1. The van der Waals surface area contributed by atoms with Gasteiger partial charge in [-0.15, -0.1) is 11.3 Å². The number of likely N-dealkylation sites (N-methyl/N-ethyl adjacent to an activating group) is 1. The van der Waals surface area contributed by atoms with Gasteiger partial charge in [-0.2, -0.15) is 0 Å². The molecule has 1 N–H and O–H groups in total. The number of esters is 1. The van der Waals surface area contributed by atoms with Gasteiger partial charge in [0.15, 0.2) is 0 Å². The monoisotopic (exact) mass is 378 g/mol. The van der Waals surface area contributed by atoms with Crippen molar-refractivity contribution in [1.29, 1.82) is 0 Å². The van der Waals surface area contributed by atoms with Gasteiger partial charge in [-0.05, 0) is 33.8 Å². The maximum absolute atomic E-state index is 12.6. The Morgan fingerprint density at radius 2 is 2.23 bits per heavy atom. The average molecular weight is 378 g/mol. The van der Waals surface area contributed by atoms with Crippen molar-refractivity contribution < 1.29 is 19.1 Å². The summed E-state index contributed by atoms with van der Waals surface area (Å²) >= 11 is 1.26. The first-order chi connectivity index (χ1) is 12.2. The fraction of sp³-hybridized carbons (Fsp3) is 0.579. The number of carbonyl (C=O) groups excluding carboxylic acids is 2. The van der Waals surface area contributed by atoms with Crippen LogP contribution in [0.1, 0.15) is 42.2 Å². The number of anilines is 1. The number of methoxy groups -OCH3 is 1. The van der Waals surface area contributed by atoms with Crippen LogP contribution in [0.3, 0.4) is 0 Å². The van der Waals surface area contributed by atoms with E-state index in [4.69, 9.17) is 9.47 Å². The predicted octanol–water partition coefficient (Wildman–Crippen LogP) is 2.59. The average Bonchev–Trinajstić information content (AvgIpc) is 2.91. The van der Waals surface area contributed by atoms with Gasteiger partial charge < -0.3 is 19.7 Å². The largest absolute Gasteiger partial charge is 0.465 e. The van der Waals surface area contributed by atoms with Gasteiger partial charge in [0.2, 0.25) is 5.91 Å². The van der Waals surface area contributed by atoms with Crippen LogP contribution in [0, 0.1) is 17.3 Å². The summed E-state index contributed by atoms with van der Waals surface area (Å²) in [6, 6.07) is 1.25. The van der Waals surface area contributed by atoms with Crippen molar-refractivity contribution in [2.75, 3.05) is 38.7 Å². The van der Waals surface area contributed by atoms with Crippen molar-refractivity contribution in [3.05, 3.63) is 15.8 Å². The molecule has 1 atom stereocenters. The normalized spacial score (nSPS) is 18.0. The number of rotatable bonds is 4. The Balaban J connectivity index is 2.31. The van der Waals surface area contributed by atoms with E-state index in [1.165, 1.54) is 18.4 Å². The lowest BCUT2D eigenvalue weighted by Gasteiger charge is -2.23. The Kier molecular flexibility index (Phi) is 6.68. The Morgan fingerprint density at radius 1 is 1.50 bits per heavy atom. The zero-order valence-electron chi connectivity index (χ0n) is 16.0. The summed E-state index contributed by atoms with van der Waals surface area (Å²) in [5, 5.41) is 3.16. The van der Waals surface area contributed by atoms with Crippen LogP contribution in [0.4, 0.5) is 5.69 Å². The highest BCUT2D eigenvalue weighted by molar-refractivity contribution is 7.15. The van der Waals surface area contributed by atoms with E-state index in [0.717, 1.165) is 4.88 Å². The molecule has 2 rings (SSSR count). The minimum absolute atomic E-state index is 0.0330. The lowest BCUT2D eigenvalue weighted by molar-refractivity contribution is -0.131. The number of amides is 1. The molecular weight excluding hydrogens is 352 g/mol. The maximum atomic E-state index is 12.6. The number of nitrogens with zero attached hydrogens (tertiary/aromatic N) is 1. The molecule has 0 saturated carbocycles. The van der Waals surface area contributed by atoms with Crippen LogP contribution in [0.5, 0.6) is 0 Å². The van der Waals surface area contributed by atoms with Gasteiger partial charge in [0.05, 0.1) is 30.9 Å². The third kappa shape index (κ3) is 5.23. The summed E-state index contributed by atoms with van der Waals surface area (Å²) in [5.74, 6) is 5.77. The molecule has 1 saturated heterocycles. The first-order valence-electron chi connectivity index (χ1n) is 8.63. The zero-order valence-corrected chi connectivity index (χ0v) is 16.8. The molecule has 2 heterocycles. The third-order valence-electron chi connectivity index (χ3n) is 3.77. The zero-order chi connectivity index (χ0) is 19.3. The summed E-state index contributed by atoms with van der Waals surface area (Å²) in [7, 11) is 1.34.